The van der Waals surface area contributed by atoms with Crippen LogP contribution in [0.4, 0.5) is 17.1 Å². The van der Waals surface area contributed by atoms with Crippen molar-refractivity contribution in [3.05, 3.63) is 173 Å². The van der Waals surface area contributed by atoms with Gasteiger partial charge in [0.25, 0.3) is 0 Å². The lowest BCUT2D eigenvalue weighted by Crippen LogP contribution is -2.73. The second kappa shape index (κ2) is 11.6. The lowest BCUT2D eigenvalue weighted by molar-refractivity contribution is -0.231. The van der Waals surface area contributed by atoms with Crippen LogP contribution >= 0.6 is 0 Å². The van der Waals surface area contributed by atoms with Crippen LogP contribution in [0.25, 0.3) is 44.2 Å². The van der Waals surface area contributed by atoms with Crippen molar-refractivity contribution in [2.45, 2.75) is 102 Å². The Labute approximate surface area is 368 Å². The molecule has 7 aromatic rings. The molecule has 1 nitrogen and oxygen atoms in total. The molecule has 2 spiro atoms. The maximum Gasteiger partial charge on any atom is 0.0543 e. The molecule has 0 saturated heterocycles. The summed E-state index contributed by atoms with van der Waals surface area (Å²) >= 11 is 0. The second-order valence-electron chi connectivity index (χ2n) is 22.8. The Balaban J connectivity index is 1.08. The van der Waals surface area contributed by atoms with Crippen molar-refractivity contribution in [1.29, 1.82) is 0 Å². The fourth-order valence-corrected chi connectivity index (χ4v) is 16.2. The Bertz CT molecular complexity index is 3120. The zero-order valence-corrected chi connectivity index (χ0v) is 37.3. The van der Waals surface area contributed by atoms with Crippen LogP contribution in [0.3, 0.4) is 0 Å². The zero-order valence-electron chi connectivity index (χ0n) is 37.3. The van der Waals surface area contributed by atoms with Crippen LogP contribution in [-0.2, 0) is 21.7 Å². The summed E-state index contributed by atoms with van der Waals surface area (Å²) in [7, 11) is 0. The van der Waals surface area contributed by atoms with E-state index in [9.17, 15) is 0 Å². The van der Waals surface area contributed by atoms with Crippen LogP contribution in [0.15, 0.2) is 140 Å². The average molecular weight is 804 g/mol. The van der Waals surface area contributed by atoms with Gasteiger partial charge in [-0.15, -0.1) is 0 Å². The molecule has 0 N–H and O–H groups in total. The van der Waals surface area contributed by atoms with Crippen LogP contribution in [-0.4, -0.2) is 0 Å². The number of benzene rings is 7. The van der Waals surface area contributed by atoms with E-state index in [1.54, 1.807) is 11.1 Å². The van der Waals surface area contributed by atoms with Crippen LogP contribution in [0, 0.1) is 29.1 Å². The molecule has 6 atom stereocenters. The number of fused-ring (bicyclic) bond motifs is 13. The smallest absolute Gasteiger partial charge is 0.0543 e. The van der Waals surface area contributed by atoms with E-state index in [1.165, 1.54) is 122 Å². The van der Waals surface area contributed by atoms with Crippen molar-refractivity contribution in [1.82, 2.24) is 0 Å². The molecule has 4 fully saturated rings. The highest BCUT2D eigenvalue weighted by Gasteiger charge is 2.84. The van der Waals surface area contributed by atoms with Crippen molar-refractivity contribution < 1.29 is 0 Å². The molecule has 7 aromatic carbocycles. The minimum atomic E-state index is -0.111. The van der Waals surface area contributed by atoms with Crippen LogP contribution in [0.1, 0.15) is 113 Å². The summed E-state index contributed by atoms with van der Waals surface area (Å²) < 4.78 is 0. The minimum Gasteiger partial charge on any atom is -0.310 e. The van der Waals surface area contributed by atoms with Gasteiger partial charge in [-0.25, -0.2) is 0 Å². The van der Waals surface area contributed by atoms with Gasteiger partial charge >= 0.3 is 0 Å². The van der Waals surface area contributed by atoms with Gasteiger partial charge in [0.05, 0.1) is 5.69 Å². The van der Waals surface area contributed by atoms with Crippen LogP contribution in [0.5, 0.6) is 0 Å². The van der Waals surface area contributed by atoms with Gasteiger partial charge in [-0.3, -0.25) is 0 Å². The summed E-state index contributed by atoms with van der Waals surface area (Å²) in [5.41, 5.74) is 22.0. The van der Waals surface area contributed by atoms with Crippen molar-refractivity contribution in [3.8, 4) is 33.4 Å². The highest BCUT2D eigenvalue weighted by atomic mass is 15.1. The first kappa shape index (κ1) is 36.1. The van der Waals surface area contributed by atoms with E-state index < -0.39 is 0 Å². The maximum atomic E-state index is 2.76. The molecule has 6 unspecified atom stereocenters. The van der Waals surface area contributed by atoms with Gasteiger partial charge < -0.3 is 4.90 Å². The predicted molar refractivity (Wildman–Crippen MR) is 258 cm³/mol. The van der Waals surface area contributed by atoms with Gasteiger partial charge in [-0.1, -0.05) is 145 Å². The van der Waals surface area contributed by atoms with Gasteiger partial charge in [0.15, 0.2) is 0 Å². The predicted octanol–water partition coefficient (Wildman–Crippen LogP) is 16.0. The topological polar surface area (TPSA) is 3.24 Å². The molecule has 306 valence electrons. The van der Waals surface area contributed by atoms with Gasteiger partial charge in [0, 0.05) is 27.8 Å². The second-order valence-corrected chi connectivity index (χ2v) is 22.8. The Morgan fingerprint density at radius 3 is 1.89 bits per heavy atom. The van der Waals surface area contributed by atoms with Gasteiger partial charge in [0.2, 0.25) is 0 Å². The standard InChI is InChI=1S/C61H57N/c1-57(2)26-27-58(3,4)53-32-40(23-25-50(53)57)62(39-22-24-45-43-17-9-11-20-48(43)59(5,6)51(45)31-39)54-34-52-46(33-47(54)42-19-13-15-37-14-7-8-16-41(37)42)44-18-10-12-21-49(44)61(52)55-29-36-28-38-30-56(61)60(38,55)35-36/h7-25,31-34,36,38,55-56H,26-30,35H2,1-6H3. The number of hydrogen-bond acceptors (Lipinski definition) is 1. The number of nitrogens with zero attached hydrogens (tertiary/aromatic N) is 1. The molecule has 0 amide bonds. The maximum absolute atomic E-state index is 2.76. The molecule has 14 rings (SSSR count). The fraction of sp³-hybridized carbons (Fsp3) is 0.344. The highest BCUT2D eigenvalue weighted by Crippen LogP contribution is 2.89. The largest absolute Gasteiger partial charge is 0.310 e. The minimum absolute atomic E-state index is 0.0823. The fourth-order valence-electron chi connectivity index (χ4n) is 16.2. The summed E-state index contributed by atoms with van der Waals surface area (Å²) in [6.07, 6.45) is 8.17. The number of hydrogen-bond donors (Lipinski definition) is 0. The first-order valence-corrected chi connectivity index (χ1v) is 23.9. The summed E-state index contributed by atoms with van der Waals surface area (Å²) in [6, 6.07) is 55.3. The van der Waals surface area contributed by atoms with E-state index in [-0.39, 0.29) is 21.7 Å². The third-order valence-electron chi connectivity index (χ3n) is 19.0. The average Bonchev–Trinajstić information content (AvgIpc) is 3.97. The molecule has 7 aliphatic rings. The third kappa shape index (κ3) is 4.19. The van der Waals surface area contributed by atoms with E-state index >= 15 is 0 Å². The quantitative estimate of drug-likeness (QED) is 0.171. The zero-order chi connectivity index (χ0) is 41.7. The molecule has 2 bridgehead atoms. The van der Waals surface area contributed by atoms with E-state index in [2.05, 4.69) is 186 Å². The van der Waals surface area contributed by atoms with Crippen molar-refractivity contribution in [2.75, 3.05) is 4.90 Å². The SMILES string of the molecule is CC1(C)CCC(C)(C)c2cc(N(c3ccc4c(c3)C(C)(C)c3ccccc3-4)c3cc4c(cc3-c3cccc5ccccc35)-c3ccccc3C43C4CC5CC6CC3C64C5)ccc21. The third-order valence-corrected chi connectivity index (χ3v) is 19.0. The lowest BCUT2D eigenvalue weighted by atomic mass is 9.27. The molecule has 4 saturated carbocycles. The molecule has 0 heterocycles. The Hall–Kier alpha value is -5.40. The molecular weight excluding hydrogens is 747 g/mol. The van der Waals surface area contributed by atoms with Gasteiger partial charge in [0.1, 0.15) is 0 Å². The van der Waals surface area contributed by atoms with Crippen molar-refractivity contribution >= 4 is 27.8 Å². The van der Waals surface area contributed by atoms with E-state index in [0.29, 0.717) is 5.41 Å². The molecule has 0 aliphatic heterocycles. The summed E-state index contributed by atoms with van der Waals surface area (Å²) in [5, 5.41) is 2.60. The first-order chi connectivity index (χ1) is 29.9. The Morgan fingerprint density at radius 2 is 1.08 bits per heavy atom. The molecule has 7 aliphatic carbocycles. The number of anilines is 3. The summed E-state index contributed by atoms with van der Waals surface area (Å²) in [6.45, 7) is 14.7. The molecule has 0 aromatic heterocycles. The summed E-state index contributed by atoms with van der Waals surface area (Å²) in [4.78, 5) is 2.71. The lowest BCUT2D eigenvalue weighted by Gasteiger charge is -2.76. The summed E-state index contributed by atoms with van der Waals surface area (Å²) in [5.74, 6) is 3.36. The monoisotopic (exact) mass is 803 g/mol. The molecule has 1 heteroatoms. The van der Waals surface area contributed by atoms with E-state index in [4.69, 9.17) is 0 Å². The van der Waals surface area contributed by atoms with Gasteiger partial charge in [-0.2, -0.15) is 0 Å². The normalized spacial score (nSPS) is 28.6. The molecule has 0 radical (unpaired) electrons. The van der Waals surface area contributed by atoms with E-state index in [1.807, 2.05) is 0 Å². The highest BCUT2D eigenvalue weighted by molar-refractivity contribution is 6.04. The van der Waals surface area contributed by atoms with Gasteiger partial charge in [-0.05, 0) is 187 Å². The number of rotatable bonds is 4. The van der Waals surface area contributed by atoms with E-state index in [0.717, 1.165) is 23.7 Å². The van der Waals surface area contributed by atoms with Crippen molar-refractivity contribution in [2.24, 2.45) is 29.1 Å². The molecule has 62 heavy (non-hydrogen) atoms. The van der Waals surface area contributed by atoms with Crippen LogP contribution in [0.2, 0.25) is 0 Å². The van der Waals surface area contributed by atoms with Crippen molar-refractivity contribution in [3.63, 3.8) is 0 Å². The first-order valence-electron chi connectivity index (χ1n) is 23.9. The Kier molecular flexibility index (Phi) is 6.75. The van der Waals surface area contributed by atoms with Crippen LogP contribution < -0.4 is 4.90 Å². The molecular formula is C61H57N. The Morgan fingerprint density at radius 1 is 0.452 bits per heavy atom.